The highest BCUT2D eigenvalue weighted by Crippen LogP contribution is 2.19. The van der Waals surface area contributed by atoms with Gasteiger partial charge in [0.1, 0.15) is 0 Å². The van der Waals surface area contributed by atoms with Gasteiger partial charge in [-0.2, -0.15) is 0 Å². The molecular formula is C18H30N4O. The Morgan fingerprint density at radius 2 is 1.83 bits per heavy atom. The number of amides is 1. The van der Waals surface area contributed by atoms with E-state index in [0.29, 0.717) is 12.5 Å². The Kier molecular flexibility index (Phi) is 6.86. The summed E-state index contributed by atoms with van der Waals surface area (Å²) in [6.07, 6.45) is 1.58. The van der Waals surface area contributed by atoms with Crippen molar-refractivity contribution in [2.75, 3.05) is 50.0 Å². The molecule has 1 saturated heterocycles. The molecule has 0 saturated carbocycles. The summed E-state index contributed by atoms with van der Waals surface area (Å²) in [4.78, 5) is 16.7. The van der Waals surface area contributed by atoms with Gasteiger partial charge in [-0.05, 0) is 44.7 Å². The van der Waals surface area contributed by atoms with Crippen LogP contribution in [-0.2, 0) is 4.79 Å². The molecule has 0 aliphatic carbocycles. The summed E-state index contributed by atoms with van der Waals surface area (Å²) in [5.41, 5.74) is 2.10. The maximum atomic E-state index is 11.9. The Morgan fingerprint density at radius 1 is 1.17 bits per heavy atom. The summed E-state index contributed by atoms with van der Waals surface area (Å²) in [5, 5.41) is 6.30. The number of hydrogen-bond acceptors (Lipinski definition) is 4. The SMILES string of the molecule is CCC(C)NCCC(=O)Nc1ccc(N2CCN(C)CC2)cc1. The molecule has 1 aliphatic rings. The number of nitrogens with one attached hydrogen (secondary N) is 2. The summed E-state index contributed by atoms with van der Waals surface area (Å²) >= 11 is 0. The first kappa shape index (κ1) is 17.8. The molecule has 2 N–H and O–H groups in total. The summed E-state index contributed by atoms with van der Waals surface area (Å²) in [6.45, 7) is 9.31. The molecule has 1 atom stereocenters. The van der Waals surface area contributed by atoms with E-state index in [1.165, 1.54) is 5.69 Å². The van der Waals surface area contributed by atoms with Crippen LogP contribution in [0.5, 0.6) is 0 Å². The molecule has 0 radical (unpaired) electrons. The molecule has 1 aromatic rings. The van der Waals surface area contributed by atoms with E-state index in [9.17, 15) is 4.79 Å². The Bertz CT molecular complexity index is 480. The Labute approximate surface area is 140 Å². The molecule has 1 aromatic carbocycles. The molecular weight excluding hydrogens is 288 g/mol. The van der Waals surface area contributed by atoms with Crippen LogP contribution in [0.1, 0.15) is 26.7 Å². The lowest BCUT2D eigenvalue weighted by Crippen LogP contribution is -2.44. The van der Waals surface area contributed by atoms with Gasteiger partial charge in [-0.15, -0.1) is 0 Å². The van der Waals surface area contributed by atoms with E-state index in [-0.39, 0.29) is 5.91 Å². The normalized spacial score (nSPS) is 17.1. The van der Waals surface area contributed by atoms with Gasteiger partial charge in [0.25, 0.3) is 0 Å². The Morgan fingerprint density at radius 3 is 2.43 bits per heavy atom. The molecule has 128 valence electrons. The highest BCUT2D eigenvalue weighted by Gasteiger charge is 2.14. The predicted molar refractivity (Wildman–Crippen MR) is 97.2 cm³/mol. The van der Waals surface area contributed by atoms with Crippen LogP contribution >= 0.6 is 0 Å². The molecule has 0 spiro atoms. The minimum atomic E-state index is 0.0631. The standard InChI is InChI=1S/C18H30N4O/c1-4-15(2)19-10-9-18(23)20-16-5-7-17(8-6-16)22-13-11-21(3)12-14-22/h5-8,15,19H,4,9-14H2,1-3H3,(H,20,23). The van der Waals surface area contributed by atoms with Crippen molar-refractivity contribution in [3.63, 3.8) is 0 Å². The van der Waals surface area contributed by atoms with Gasteiger partial charge in [-0.1, -0.05) is 6.92 Å². The average Bonchev–Trinajstić information content (AvgIpc) is 2.56. The first-order valence-corrected chi connectivity index (χ1v) is 8.65. The third kappa shape index (κ3) is 5.84. The van der Waals surface area contributed by atoms with E-state index < -0.39 is 0 Å². The van der Waals surface area contributed by atoms with Crippen molar-refractivity contribution in [3.8, 4) is 0 Å². The van der Waals surface area contributed by atoms with Crippen molar-refractivity contribution in [1.82, 2.24) is 10.2 Å². The second-order valence-electron chi connectivity index (χ2n) is 6.40. The Hall–Kier alpha value is -1.59. The van der Waals surface area contributed by atoms with E-state index in [4.69, 9.17) is 0 Å². The summed E-state index contributed by atoms with van der Waals surface area (Å²) in [6, 6.07) is 8.64. The average molecular weight is 318 g/mol. The lowest BCUT2D eigenvalue weighted by atomic mass is 10.2. The second kappa shape index (κ2) is 8.89. The fourth-order valence-corrected chi connectivity index (χ4v) is 2.62. The van der Waals surface area contributed by atoms with Crippen LogP contribution in [0.4, 0.5) is 11.4 Å². The number of carbonyl (C=O) groups is 1. The lowest BCUT2D eigenvalue weighted by Gasteiger charge is -2.34. The predicted octanol–water partition coefficient (Wildman–Crippen LogP) is 2.16. The zero-order valence-electron chi connectivity index (χ0n) is 14.6. The van der Waals surface area contributed by atoms with Crippen LogP contribution in [0.3, 0.4) is 0 Å². The number of benzene rings is 1. The minimum Gasteiger partial charge on any atom is -0.369 e. The number of carbonyl (C=O) groups excluding carboxylic acids is 1. The zero-order valence-corrected chi connectivity index (χ0v) is 14.6. The highest BCUT2D eigenvalue weighted by atomic mass is 16.1. The monoisotopic (exact) mass is 318 g/mol. The molecule has 0 aromatic heterocycles. The number of anilines is 2. The van der Waals surface area contributed by atoms with Crippen molar-refractivity contribution >= 4 is 17.3 Å². The lowest BCUT2D eigenvalue weighted by molar-refractivity contribution is -0.116. The molecule has 1 unspecified atom stereocenters. The number of rotatable bonds is 7. The van der Waals surface area contributed by atoms with Gasteiger partial charge < -0.3 is 20.4 Å². The third-order valence-electron chi connectivity index (χ3n) is 4.48. The molecule has 1 fully saturated rings. The second-order valence-corrected chi connectivity index (χ2v) is 6.40. The molecule has 5 heteroatoms. The highest BCUT2D eigenvalue weighted by molar-refractivity contribution is 5.91. The Balaban J connectivity index is 1.77. The van der Waals surface area contributed by atoms with Crippen molar-refractivity contribution in [2.24, 2.45) is 0 Å². The van der Waals surface area contributed by atoms with Gasteiger partial charge in [0.05, 0.1) is 0 Å². The third-order valence-corrected chi connectivity index (χ3v) is 4.48. The quantitative estimate of drug-likeness (QED) is 0.809. The van der Waals surface area contributed by atoms with Crippen LogP contribution in [0.15, 0.2) is 24.3 Å². The smallest absolute Gasteiger partial charge is 0.225 e. The van der Waals surface area contributed by atoms with Crippen molar-refractivity contribution in [3.05, 3.63) is 24.3 Å². The fourth-order valence-electron chi connectivity index (χ4n) is 2.62. The van der Waals surface area contributed by atoms with Crippen LogP contribution in [0.2, 0.25) is 0 Å². The molecule has 2 rings (SSSR count). The van der Waals surface area contributed by atoms with Crippen LogP contribution in [0, 0.1) is 0 Å². The van der Waals surface area contributed by atoms with Gasteiger partial charge in [0.15, 0.2) is 0 Å². The van der Waals surface area contributed by atoms with E-state index in [1.54, 1.807) is 0 Å². The van der Waals surface area contributed by atoms with Crippen molar-refractivity contribution in [1.29, 1.82) is 0 Å². The maximum Gasteiger partial charge on any atom is 0.225 e. The van der Waals surface area contributed by atoms with Gasteiger partial charge >= 0.3 is 0 Å². The molecule has 23 heavy (non-hydrogen) atoms. The van der Waals surface area contributed by atoms with Gasteiger partial charge in [-0.25, -0.2) is 0 Å². The van der Waals surface area contributed by atoms with E-state index in [0.717, 1.165) is 44.8 Å². The number of hydrogen-bond donors (Lipinski definition) is 2. The summed E-state index contributed by atoms with van der Waals surface area (Å²) in [5.74, 6) is 0.0631. The topological polar surface area (TPSA) is 47.6 Å². The molecule has 1 heterocycles. The van der Waals surface area contributed by atoms with Crippen LogP contribution in [0.25, 0.3) is 0 Å². The first-order valence-electron chi connectivity index (χ1n) is 8.65. The van der Waals surface area contributed by atoms with E-state index >= 15 is 0 Å². The largest absolute Gasteiger partial charge is 0.369 e. The fraction of sp³-hybridized carbons (Fsp3) is 0.611. The molecule has 1 aliphatic heterocycles. The van der Waals surface area contributed by atoms with Gasteiger partial charge in [-0.3, -0.25) is 4.79 Å². The number of nitrogens with zero attached hydrogens (tertiary/aromatic N) is 2. The van der Waals surface area contributed by atoms with Crippen molar-refractivity contribution in [2.45, 2.75) is 32.7 Å². The molecule has 5 nitrogen and oxygen atoms in total. The number of likely N-dealkylation sites (N-methyl/N-ethyl adjacent to an activating group) is 1. The molecule has 1 amide bonds. The van der Waals surface area contributed by atoms with Crippen LogP contribution in [-0.4, -0.2) is 56.6 Å². The van der Waals surface area contributed by atoms with Crippen molar-refractivity contribution < 1.29 is 4.79 Å². The van der Waals surface area contributed by atoms with Gasteiger partial charge in [0.2, 0.25) is 5.91 Å². The number of piperazine rings is 1. The summed E-state index contributed by atoms with van der Waals surface area (Å²) < 4.78 is 0. The first-order chi connectivity index (χ1) is 11.1. The maximum absolute atomic E-state index is 11.9. The van der Waals surface area contributed by atoms with Crippen LogP contribution < -0.4 is 15.5 Å². The minimum absolute atomic E-state index is 0.0631. The zero-order chi connectivity index (χ0) is 16.7. The van der Waals surface area contributed by atoms with E-state index in [2.05, 4.69) is 53.5 Å². The molecule has 0 bridgehead atoms. The van der Waals surface area contributed by atoms with Gasteiger partial charge in [0, 0.05) is 56.6 Å². The van der Waals surface area contributed by atoms with E-state index in [1.807, 2.05) is 12.1 Å². The summed E-state index contributed by atoms with van der Waals surface area (Å²) in [7, 11) is 2.16.